The molecule has 0 fully saturated rings. The van der Waals surface area contributed by atoms with E-state index in [1.165, 1.54) is 0 Å². The number of rotatable bonds is 6. The molecule has 0 aromatic carbocycles. The minimum atomic E-state index is -0.609. The predicted octanol–water partition coefficient (Wildman–Crippen LogP) is 3.09. The summed E-state index contributed by atoms with van der Waals surface area (Å²) in [5.41, 5.74) is 1.59. The average Bonchev–Trinajstić information content (AvgIpc) is 3.07. The smallest absolute Gasteiger partial charge is 0.348 e. The van der Waals surface area contributed by atoms with E-state index < -0.39 is 17.8 Å². The largest absolute Gasteiger partial charge is 0.462 e. The molecule has 1 amide bonds. The van der Waals surface area contributed by atoms with Crippen LogP contribution in [-0.2, 0) is 16.5 Å². The quantitative estimate of drug-likeness (QED) is 0.757. The molecule has 0 aliphatic carbocycles. The normalized spacial score (nSPS) is 10.8. The van der Waals surface area contributed by atoms with E-state index in [4.69, 9.17) is 9.47 Å². The van der Waals surface area contributed by atoms with Crippen molar-refractivity contribution in [1.29, 1.82) is 0 Å². The van der Waals surface area contributed by atoms with Crippen molar-refractivity contribution in [2.75, 3.05) is 11.9 Å². The van der Waals surface area contributed by atoms with Crippen molar-refractivity contribution in [3.8, 4) is 0 Å². The number of carbonyl (C=O) groups excluding carboxylic acids is 3. The first-order chi connectivity index (χ1) is 12.6. The number of thiophene rings is 1. The Kier molecular flexibility index (Phi) is 6.37. The average molecular weight is 393 g/mol. The number of hydrogen-bond donors (Lipinski definition) is 1. The van der Waals surface area contributed by atoms with Gasteiger partial charge in [0.15, 0.2) is 5.69 Å². The van der Waals surface area contributed by atoms with Crippen LogP contribution in [0.15, 0.2) is 6.07 Å². The molecule has 0 spiro atoms. The third-order valence-corrected chi connectivity index (χ3v) is 4.92. The van der Waals surface area contributed by atoms with Crippen LogP contribution in [0.2, 0.25) is 0 Å². The molecule has 0 atom stereocenters. The topological polar surface area (TPSA) is 99.5 Å². The SMILES string of the molecule is CCOC(=O)c1sc(NC(=O)c2cc(C)n(C)n2)c(C(=O)OC(C)C)c1C. The number of aromatic nitrogens is 2. The summed E-state index contributed by atoms with van der Waals surface area (Å²) >= 11 is 0.982. The Hall–Kier alpha value is -2.68. The van der Waals surface area contributed by atoms with Gasteiger partial charge in [-0.25, -0.2) is 9.59 Å². The fraction of sp³-hybridized carbons (Fsp3) is 0.444. The summed E-state index contributed by atoms with van der Waals surface area (Å²) in [6.07, 6.45) is -0.343. The zero-order valence-corrected chi connectivity index (χ0v) is 17.0. The first kappa shape index (κ1) is 20.6. The third kappa shape index (κ3) is 4.54. The summed E-state index contributed by atoms with van der Waals surface area (Å²) in [5.74, 6) is -1.64. The van der Waals surface area contributed by atoms with Crippen molar-refractivity contribution in [2.45, 2.75) is 40.7 Å². The molecule has 0 saturated carbocycles. The van der Waals surface area contributed by atoms with Crippen LogP contribution < -0.4 is 5.32 Å². The van der Waals surface area contributed by atoms with E-state index in [9.17, 15) is 14.4 Å². The maximum absolute atomic E-state index is 12.5. The van der Waals surface area contributed by atoms with Gasteiger partial charge in [0.2, 0.25) is 0 Å². The maximum atomic E-state index is 12.5. The van der Waals surface area contributed by atoms with Crippen LogP contribution in [0.3, 0.4) is 0 Å². The number of carbonyl (C=O) groups is 3. The van der Waals surface area contributed by atoms with Gasteiger partial charge in [0.25, 0.3) is 5.91 Å². The minimum Gasteiger partial charge on any atom is -0.462 e. The second kappa shape index (κ2) is 8.34. The molecule has 2 rings (SSSR count). The van der Waals surface area contributed by atoms with Crippen LogP contribution in [0.25, 0.3) is 0 Å². The molecule has 1 N–H and O–H groups in total. The van der Waals surface area contributed by atoms with Crippen LogP contribution in [0.4, 0.5) is 5.00 Å². The van der Waals surface area contributed by atoms with Crippen LogP contribution in [0.1, 0.15) is 62.5 Å². The lowest BCUT2D eigenvalue weighted by Crippen LogP contribution is -2.17. The summed E-state index contributed by atoms with van der Waals surface area (Å²) in [6, 6.07) is 1.63. The first-order valence-corrected chi connectivity index (χ1v) is 9.30. The zero-order chi connectivity index (χ0) is 20.3. The van der Waals surface area contributed by atoms with E-state index in [0.29, 0.717) is 5.56 Å². The second-order valence-corrected chi connectivity index (χ2v) is 7.20. The molecule has 0 aliphatic rings. The molecule has 2 heterocycles. The van der Waals surface area contributed by atoms with Gasteiger partial charge < -0.3 is 14.8 Å². The van der Waals surface area contributed by atoms with Crippen molar-refractivity contribution < 1.29 is 23.9 Å². The fourth-order valence-electron chi connectivity index (χ4n) is 2.35. The lowest BCUT2D eigenvalue weighted by atomic mass is 10.1. The monoisotopic (exact) mass is 393 g/mol. The first-order valence-electron chi connectivity index (χ1n) is 8.49. The molecule has 0 aliphatic heterocycles. The van der Waals surface area contributed by atoms with Crippen molar-refractivity contribution in [1.82, 2.24) is 9.78 Å². The Labute approximate surface area is 161 Å². The zero-order valence-electron chi connectivity index (χ0n) is 16.2. The molecule has 146 valence electrons. The predicted molar refractivity (Wildman–Crippen MR) is 101 cm³/mol. The highest BCUT2D eigenvalue weighted by atomic mass is 32.1. The number of esters is 2. The van der Waals surface area contributed by atoms with Crippen molar-refractivity contribution in [2.24, 2.45) is 7.05 Å². The van der Waals surface area contributed by atoms with Gasteiger partial charge in [0, 0.05) is 12.7 Å². The third-order valence-electron chi connectivity index (χ3n) is 3.73. The summed E-state index contributed by atoms with van der Waals surface area (Å²) < 4.78 is 11.9. The standard InChI is InChI=1S/C18H23N3O5S/c1-7-25-18(24)14-11(5)13(17(23)26-9(2)3)16(27-14)19-15(22)12-8-10(4)21(6)20-12/h8-9H,7H2,1-6H3,(H,19,22). The second-order valence-electron chi connectivity index (χ2n) is 6.18. The van der Waals surface area contributed by atoms with E-state index >= 15 is 0 Å². The summed E-state index contributed by atoms with van der Waals surface area (Å²) in [7, 11) is 1.73. The highest BCUT2D eigenvalue weighted by Gasteiger charge is 2.28. The van der Waals surface area contributed by atoms with Gasteiger partial charge in [-0.1, -0.05) is 0 Å². The number of aryl methyl sites for hydroxylation is 2. The van der Waals surface area contributed by atoms with Crippen LogP contribution >= 0.6 is 11.3 Å². The summed E-state index contributed by atoms with van der Waals surface area (Å²) in [6.45, 7) is 8.79. The number of nitrogens with zero attached hydrogens (tertiary/aromatic N) is 2. The Bertz CT molecular complexity index is 862. The highest BCUT2D eigenvalue weighted by molar-refractivity contribution is 7.18. The van der Waals surface area contributed by atoms with Gasteiger partial charge in [-0.15, -0.1) is 11.3 Å². The van der Waals surface area contributed by atoms with E-state index in [0.717, 1.165) is 17.0 Å². The molecule has 27 heavy (non-hydrogen) atoms. The maximum Gasteiger partial charge on any atom is 0.348 e. The molecule has 0 unspecified atom stereocenters. The van der Waals surface area contributed by atoms with Crippen LogP contribution in [-0.4, -0.2) is 40.3 Å². The Morgan fingerprint density at radius 1 is 1.26 bits per heavy atom. The van der Waals surface area contributed by atoms with E-state index in [-0.39, 0.29) is 33.8 Å². The Balaban J connectivity index is 2.43. The molecule has 8 nitrogen and oxygen atoms in total. The Morgan fingerprint density at radius 3 is 2.44 bits per heavy atom. The fourth-order valence-corrected chi connectivity index (χ4v) is 3.43. The molecule has 0 saturated heterocycles. The van der Waals surface area contributed by atoms with Crippen LogP contribution in [0, 0.1) is 13.8 Å². The molecule has 0 radical (unpaired) electrons. The molecular formula is C18H23N3O5S. The van der Waals surface area contributed by atoms with E-state index in [1.807, 2.05) is 6.92 Å². The number of amides is 1. The van der Waals surface area contributed by atoms with Gasteiger partial charge in [0.1, 0.15) is 9.88 Å². The van der Waals surface area contributed by atoms with Crippen molar-refractivity contribution in [3.63, 3.8) is 0 Å². The van der Waals surface area contributed by atoms with Crippen molar-refractivity contribution >= 4 is 34.2 Å². The molecule has 0 bridgehead atoms. The van der Waals surface area contributed by atoms with E-state index in [2.05, 4.69) is 10.4 Å². The molecular weight excluding hydrogens is 370 g/mol. The number of hydrogen-bond acceptors (Lipinski definition) is 7. The minimum absolute atomic E-state index is 0.151. The Morgan fingerprint density at radius 2 is 1.93 bits per heavy atom. The number of ether oxygens (including phenoxy) is 2. The lowest BCUT2D eigenvalue weighted by Gasteiger charge is -2.10. The van der Waals surface area contributed by atoms with Gasteiger partial charge in [-0.2, -0.15) is 5.10 Å². The van der Waals surface area contributed by atoms with Gasteiger partial charge in [-0.3, -0.25) is 9.48 Å². The number of nitrogens with one attached hydrogen (secondary N) is 1. The summed E-state index contributed by atoms with van der Waals surface area (Å²) in [5, 5.41) is 7.03. The van der Waals surface area contributed by atoms with Crippen molar-refractivity contribution in [3.05, 3.63) is 33.5 Å². The molecule has 2 aromatic heterocycles. The highest BCUT2D eigenvalue weighted by Crippen LogP contribution is 2.34. The van der Waals surface area contributed by atoms with E-state index in [1.54, 1.807) is 45.5 Å². The lowest BCUT2D eigenvalue weighted by molar-refractivity contribution is 0.0379. The van der Waals surface area contributed by atoms with Gasteiger partial charge >= 0.3 is 11.9 Å². The van der Waals surface area contributed by atoms with Crippen LogP contribution in [0.5, 0.6) is 0 Å². The van der Waals surface area contributed by atoms with Gasteiger partial charge in [-0.05, 0) is 46.2 Å². The van der Waals surface area contributed by atoms with Gasteiger partial charge in [0.05, 0.1) is 18.3 Å². The molecule has 2 aromatic rings. The summed E-state index contributed by atoms with van der Waals surface area (Å²) in [4.78, 5) is 37.5. The molecule has 9 heteroatoms. The number of anilines is 1.